The Hall–Kier alpha value is -2.80. The van der Waals surface area contributed by atoms with Crippen molar-refractivity contribution in [1.29, 1.82) is 0 Å². The van der Waals surface area contributed by atoms with Crippen molar-refractivity contribution in [2.45, 2.75) is 6.18 Å². The molecule has 4 nitrogen and oxygen atoms in total. The van der Waals surface area contributed by atoms with Crippen molar-refractivity contribution in [1.82, 2.24) is 4.98 Å². The van der Waals surface area contributed by atoms with Gasteiger partial charge in [0.2, 0.25) is 0 Å². The van der Waals surface area contributed by atoms with E-state index in [-0.39, 0.29) is 16.9 Å². The second-order valence-corrected chi connectivity index (χ2v) is 5.65. The third kappa shape index (κ3) is 3.51. The monoisotopic (exact) mass is 366 g/mol. The lowest BCUT2D eigenvalue weighted by atomic mass is 10.1. The number of aromatic carboxylic acids is 1. The molecule has 0 radical (unpaired) electrons. The third-order valence-electron chi connectivity index (χ3n) is 3.52. The Bertz CT molecular complexity index is 974. The highest BCUT2D eigenvalue weighted by atomic mass is 35.5. The Kier molecular flexibility index (Phi) is 4.26. The number of carboxylic acid groups (broad SMARTS) is 1. The molecule has 1 aromatic heterocycles. The molecule has 25 heavy (non-hydrogen) atoms. The molecule has 3 rings (SSSR count). The Labute approximate surface area is 144 Å². The van der Waals surface area contributed by atoms with Gasteiger partial charge in [-0.1, -0.05) is 17.7 Å². The van der Waals surface area contributed by atoms with Crippen LogP contribution in [-0.4, -0.2) is 16.1 Å². The highest BCUT2D eigenvalue weighted by Gasteiger charge is 2.30. The number of rotatable bonds is 3. The summed E-state index contributed by atoms with van der Waals surface area (Å²) in [6, 6.07) is 9.16. The average Bonchev–Trinajstić information content (AvgIpc) is 2.54. The largest absolute Gasteiger partial charge is 0.478 e. The zero-order valence-corrected chi connectivity index (χ0v) is 13.2. The van der Waals surface area contributed by atoms with Gasteiger partial charge in [-0.2, -0.15) is 13.2 Å². The van der Waals surface area contributed by atoms with Gasteiger partial charge in [-0.3, -0.25) is 4.98 Å². The van der Waals surface area contributed by atoms with Crippen molar-refractivity contribution in [2.24, 2.45) is 0 Å². The topological polar surface area (TPSA) is 62.2 Å². The van der Waals surface area contributed by atoms with Crippen molar-refractivity contribution in [3.63, 3.8) is 0 Å². The normalized spacial score (nSPS) is 11.5. The number of aromatic nitrogens is 1. The van der Waals surface area contributed by atoms with Crippen LogP contribution in [0.15, 0.2) is 48.7 Å². The highest BCUT2D eigenvalue weighted by molar-refractivity contribution is 6.31. The zero-order chi connectivity index (χ0) is 18.2. The van der Waals surface area contributed by atoms with E-state index in [0.717, 1.165) is 18.3 Å². The molecule has 2 aromatic carbocycles. The van der Waals surface area contributed by atoms with E-state index in [1.54, 1.807) is 18.2 Å². The molecule has 0 saturated carbocycles. The lowest BCUT2D eigenvalue weighted by Gasteiger charge is -2.14. The van der Waals surface area contributed by atoms with Gasteiger partial charge >= 0.3 is 12.1 Å². The minimum absolute atomic E-state index is 0.111. The van der Waals surface area contributed by atoms with Crippen LogP contribution in [0.2, 0.25) is 5.02 Å². The first-order valence-electron chi connectivity index (χ1n) is 7.01. The molecular weight excluding hydrogens is 357 g/mol. The van der Waals surface area contributed by atoms with Crippen molar-refractivity contribution < 1.29 is 23.1 Å². The summed E-state index contributed by atoms with van der Waals surface area (Å²) >= 11 is 5.90. The van der Waals surface area contributed by atoms with Gasteiger partial charge in [0.1, 0.15) is 5.56 Å². The van der Waals surface area contributed by atoms with E-state index in [9.17, 15) is 23.1 Å². The number of nitrogens with one attached hydrogen (secondary N) is 1. The summed E-state index contributed by atoms with van der Waals surface area (Å²) in [4.78, 5) is 15.5. The quantitative estimate of drug-likeness (QED) is 0.656. The molecule has 0 aliphatic rings. The Balaban J connectivity index is 2.14. The first-order valence-corrected chi connectivity index (χ1v) is 7.39. The minimum Gasteiger partial charge on any atom is -0.478 e. The van der Waals surface area contributed by atoms with E-state index in [1.165, 1.54) is 12.1 Å². The predicted molar refractivity (Wildman–Crippen MR) is 88.4 cm³/mol. The summed E-state index contributed by atoms with van der Waals surface area (Å²) < 4.78 is 38.6. The maximum absolute atomic E-state index is 12.9. The predicted octanol–water partition coefficient (Wildman–Crippen LogP) is 5.35. The molecule has 128 valence electrons. The number of carboxylic acids is 1. The second kappa shape index (κ2) is 6.25. The molecule has 8 heteroatoms. The SMILES string of the molecule is O=C(O)c1cnc2cc(Cl)ccc2c1Nc1cccc(C(F)(F)F)c1. The van der Waals surface area contributed by atoms with Gasteiger partial charge in [0.25, 0.3) is 0 Å². The van der Waals surface area contributed by atoms with Gasteiger partial charge in [-0.15, -0.1) is 0 Å². The van der Waals surface area contributed by atoms with Gasteiger partial charge in [0, 0.05) is 22.3 Å². The number of hydrogen-bond acceptors (Lipinski definition) is 3. The fourth-order valence-electron chi connectivity index (χ4n) is 2.38. The summed E-state index contributed by atoms with van der Waals surface area (Å²) in [5.74, 6) is -1.25. The summed E-state index contributed by atoms with van der Waals surface area (Å²) in [7, 11) is 0. The third-order valence-corrected chi connectivity index (χ3v) is 3.76. The van der Waals surface area contributed by atoms with Gasteiger partial charge < -0.3 is 10.4 Å². The van der Waals surface area contributed by atoms with Crippen LogP contribution >= 0.6 is 11.6 Å². The molecule has 0 unspecified atom stereocenters. The minimum atomic E-state index is -4.50. The van der Waals surface area contributed by atoms with E-state index in [0.29, 0.717) is 15.9 Å². The highest BCUT2D eigenvalue weighted by Crippen LogP contribution is 2.34. The molecule has 0 atom stereocenters. The molecular formula is C17H10ClF3N2O2. The van der Waals surface area contributed by atoms with Crippen LogP contribution in [0.25, 0.3) is 10.9 Å². The first kappa shape index (κ1) is 17.0. The second-order valence-electron chi connectivity index (χ2n) is 5.22. The van der Waals surface area contributed by atoms with Crippen molar-refractivity contribution in [3.05, 3.63) is 64.8 Å². The molecule has 0 spiro atoms. The number of benzene rings is 2. The number of carbonyl (C=O) groups is 1. The molecule has 1 heterocycles. The molecule has 0 saturated heterocycles. The number of alkyl halides is 3. The lowest BCUT2D eigenvalue weighted by Crippen LogP contribution is -2.07. The molecule has 0 aliphatic carbocycles. The van der Waals surface area contributed by atoms with Crippen molar-refractivity contribution in [2.75, 3.05) is 5.32 Å². The Morgan fingerprint density at radius 3 is 2.60 bits per heavy atom. The van der Waals surface area contributed by atoms with E-state index in [1.807, 2.05) is 0 Å². The van der Waals surface area contributed by atoms with Crippen LogP contribution in [-0.2, 0) is 6.18 Å². The van der Waals surface area contributed by atoms with Gasteiger partial charge in [-0.05, 0) is 36.4 Å². The number of fused-ring (bicyclic) bond motifs is 1. The van der Waals surface area contributed by atoms with Crippen LogP contribution in [0, 0.1) is 0 Å². The summed E-state index contributed by atoms with van der Waals surface area (Å²) in [5, 5.41) is 13.0. The van der Waals surface area contributed by atoms with E-state index in [2.05, 4.69) is 10.3 Å². The maximum atomic E-state index is 12.9. The fraction of sp³-hybridized carbons (Fsp3) is 0.0588. The number of nitrogens with zero attached hydrogens (tertiary/aromatic N) is 1. The number of hydrogen-bond donors (Lipinski definition) is 2. The number of pyridine rings is 1. The maximum Gasteiger partial charge on any atom is 0.416 e. The smallest absolute Gasteiger partial charge is 0.416 e. The number of halogens is 4. The number of anilines is 2. The van der Waals surface area contributed by atoms with Crippen LogP contribution in [0.1, 0.15) is 15.9 Å². The van der Waals surface area contributed by atoms with Crippen molar-refractivity contribution >= 4 is 39.8 Å². The van der Waals surface area contributed by atoms with Crippen LogP contribution in [0.5, 0.6) is 0 Å². The van der Waals surface area contributed by atoms with Gasteiger partial charge in [0.05, 0.1) is 16.8 Å². The lowest BCUT2D eigenvalue weighted by molar-refractivity contribution is -0.137. The van der Waals surface area contributed by atoms with Gasteiger partial charge in [-0.25, -0.2) is 4.79 Å². The molecule has 0 amide bonds. The van der Waals surface area contributed by atoms with Crippen LogP contribution in [0.4, 0.5) is 24.5 Å². The Morgan fingerprint density at radius 2 is 1.92 bits per heavy atom. The van der Waals surface area contributed by atoms with E-state index in [4.69, 9.17) is 11.6 Å². The Morgan fingerprint density at radius 1 is 1.16 bits per heavy atom. The standard InChI is InChI=1S/C17H10ClF3N2O2/c18-10-4-5-12-14(7-10)22-8-13(16(24)25)15(12)23-11-3-1-2-9(6-11)17(19,20)21/h1-8H,(H,22,23)(H,24,25). The molecule has 3 aromatic rings. The first-order chi connectivity index (χ1) is 11.8. The van der Waals surface area contributed by atoms with Crippen LogP contribution in [0.3, 0.4) is 0 Å². The molecule has 2 N–H and O–H groups in total. The summed E-state index contributed by atoms with van der Waals surface area (Å²) in [6.07, 6.45) is -3.36. The molecule has 0 aliphatic heterocycles. The van der Waals surface area contributed by atoms with Crippen molar-refractivity contribution in [3.8, 4) is 0 Å². The zero-order valence-electron chi connectivity index (χ0n) is 12.4. The van der Waals surface area contributed by atoms with Gasteiger partial charge in [0.15, 0.2) is 0 Å². The van der Waals surface area contributed by atoms with E-state index >= 15 is 0 Å². The average molecular weight is 367 g/mol. The fourth-order valence-corrected chi connectivity index (χ4v) is 2.55. The molecule has 0 fully saturated rings. The molecule has 0 bridgehead atoms. The van der Waals surface area contributed by atoms with Crippen LogP contribution < -0.4 is 5.32 Å². The summed E-state index contributed by atoms with van der Waals surface area (Å²) in [6.45, 7) is 0. The van der Waals surface area contributed by atoms with E-state index < -0.39 is 17.7 Å². The summed E-state index contributed by atoms with van der Waals surface area (Å²) in [5.41, 5.74) is -0.316.